The fraction of sp³-hybridized carbons (Fsp3) is 0.650. The summed E-state index contributed by atoms with van der Waals surface area (Å²) < 4.78 is 0. The number of nitrogens with zero attached hydrogens (tertiary/aromatic N) is 3. The number of hydrazone groups is 1. The zero-order valence-electron chi connectivity index (χ0n) is 16.0. The Hall–Kier alpha value is -1.53. The molecule has 1 aromatic heterocycles. The minimum Gasteiger partial charge on any atom is -0.294 e. The summed E-state index contributed by atoms with van der Waals surface area (Å²) in [5.74, 6) is 0. The summed E-state index contributed by atoms with van der Waals surface area (Å²) in [6, 6.07) is 5.79. The molecule has 1 aromatic rings. The molecule has 0 saturated carbocycles. The lowest BCUT2D eigenvalue weighted by atomic mass is 10.1. The summed E-state index contributed by atoms with van der Waals surface area (Å²) in [6.07, 6.45) is 15.1. The molecule has 144 valence electrons. The molecule has 1 aliphatic rings. The third kappa shape index (κ3) is 8.72. The fourth-order valence-electron chi connectivity index (χ4n) is 3.18. The van der Waals surface area contributed by atoms with Gasteiger partial charge in [-0.05, 0) is 44.1 Å². The molecule has 6 heteroatoms. The lowest BCUT2D eigenvalue weighted by Crippen LogP contribution is -2.46. The van der Waals surface area contributed by atoms with Crippen molar-refractivity contribution in [2.45, 2.75) is 71.1 Å². The topological polar surface area (TPSA) is 52.6 Å². The minimum absolute atomic E-state index is 0.546. The van der Waals surface area contributed by atoms with E-state index < -0.39 is 0 Å². The van der Waals surface area contributed by atoms with Crippen molar-refractivity contribution in [3.05, 3.63) is 30.1 Å². The first kappa shape index (κ1) is 20.8. The molecule has 1 saturated heterocycles. The van der Waals surface area contributed by atoms with E-state index in [9.17, 15) is 0 Å². The molecule has 0 amide bonds. The van der Waals surface area contributed by atoms with Gasteiger partial charge in [0.1, 0.15) is 0 Å². The Morgan fingerprint density at radius 1 is 0.962 bits per heavy atom. The number of hydrogen-bond acceptors (Lipinski definition) is 4. The largest absolute Gasteiger partial charge is 0.294 e. The second-order valence-corrected chi connectivity index (χ2v) is 7.40. The Morgan fingerprint density at radius 2 is 1.54 bits per heavy atom. The van der Waals surface area contributed by atoms with Crippen molar-refractivity contribution < 1.29 is 0 Å². The predicted octanol–water partition coefficient (Wildman–Crippen LogP) is 4.40. The molecule has 1 aliphatic heterocycles. The highest BCUT2D eigenvalue weighted by molar-refractivity contribution is 7.80. The Labute approximate surface area is 163 Å². The molecule has 2 rings (SSSR count). The highest BCUT2D eigenvalue weighted by Crippen LogP contribution is 2.12. The Morgan fingerprint density at radius 3 is 2.08 bits per heavy atom. The van der Waals surface area contributed by atoms with Crippen LogP contribution in [0.2, 0.25) is 0 Å². The summed E-state index contributed by atoms with van der Waals surface area (Å²) in [5, 5.41) is 7.14. The van der Waals surface area contributed by atoms with Gasteiger partial charge < -0.3 is 0 Å². The number of hydrogen-bond donors (Lipinski definition) is 2. The smallest absolute Gasteiger partial charge is 0.201 e. The first-order valence-electron chi connectivity index (χ1n) is 10.0. The molecule has 0 unspecified atom stereocenters. The van der Waals surface area contributed by atoms with Crippen LogP contribution in [0.5, 0.6) is 0 Å². The zero-order valence-corrected chi connectivity index (χ0v) is 16.9. The van der Waals surface area contributed by atoms with Crippen molar-refractivity contribution in [1.82, 2.24) is 20.8 Å². The van der Waals surface area contributed by atoms with Crippen molar-refractivity contribution in [1.29, 1.82) is 0 Å². The molecule has 0 radical (unpaired) electrons. The van der Waals surface area contributed by atoms with Crippen LogP contribution in [0, 0.1) is 0 Å². The van der Waals surface area contributed by atoms with E-state index in [1.807, 2.05) is 25.1 Å². The third-order valence-corrected chi connectivity index (χ3v) is 4.91. The molecule has 2 heterocycles. The number of pyridine rings is 1. The molecule has 26 heavy (non-hydrogen) atoms. The Balaban J connectivity index is 1.79. The minimum atomic E-state index is 0.546. The van der Waals surface area contributed by atoms with Crippen molar-refractivity contribution in [3.63, 3.8) is 0 Å². The Bertz CT molecular complexity index is 532. The average Bonchev–Trinajstić information content (AvgIpc) is 2.69. The van der Waals surface area contributed by atoms with Crippen LogP contribution >= 0.6 is 12.2 Å². The highest BCUT2D eigenvalue weighted by Gasteiger charge is 2.07. The van der Waals surface area contributed by atoms with Crippen molar-refractivity contribution in [3.8, 4) is 0 Å². The van der Waals surface area contributed by atoms with Gasteiger partial charge in [0.2, 0.25) is 5.11 Å². The zero-order chi connectivity index (χ0) is 18.5. The van der Waals surface area contributed by atoms with Gasteiger partial charge in [-0.1, -0.05) is 57.4 Å². The van der Waals surface area contributed by atoms with Crippen LogP contribution in [0.15, 0.2) is 29.5 Å². The first-order chi connectivity index (χ1) is 12.8. The van der Waals surface area contributed by atoms with E-state index >= 15 is 0 Å². The van der Waals surface area contributed by atoms with Crippen LogP contribution in [0.25, 0.3) is 0 Å². The maximum Gasteiger partial charge on any atom is 0.201 e. The summed E-state index contributed by atoms with van der Waals surface area (Å²) >= 11 is 5.42. The van der Waals surface area contributed by atoms with E-state index in [0.717, 1.165) is 24.5 Å². The third-order valence-electron chi connectivity index (χ3n) is 4.73. The van der Waals surface area contributed by atoms with Crippen LogP contribution in [0.3, 0.4) is 0 Å². The van der Waals surface area contributed by atoms with Crippen LogP contribution in [-0.2, 0) is 0 Å². The van der Waals surface area contributed by atoms with Crippen molar-refractivity contribution in [2.24, 2.45) is 5.10 Å². The van der Waals surface area contributed by atoms with Gasteiger partial charge in [-0.25, -0.2) is 5.01 Å². The van der Waals surface area contributed by atoms with Crippen LogP contribution in [0.1, 0.15) is 76.8 Å². The summed E-state index contributed by atoms with van der Waals surface area (Å²) in [4.78, 5) is 4.29. The molecule has 1 fully saturated rings. The van der Waals surface area contributed by atoms with E-state index in [2.05, 4.69) is 25.9 Å². The van der Waals surface area contributed by atoms with Crippen LogP contribution in [0.4, 0.5) is 0 Å². The first-order valence-corrected chi connectivity index (χ1v) is 10.4. The quantitative estimate of drug-likeness (QED) is 0.466. The molecule has 0 bridgehead atoms. The van der Waals surface area contributed by atoms with E-state index in [0.29, 0.717) is 5.11 Å². The molecular formula is C20H33N5S. The second-order valence-electron chi connectivity index (χ2n) is 6.99. The second kappa shape index (κ2) is 12.8. The number of hydrazine groups is 1. The summed E-state index contributed by atoms with van der Waals surface area (Å²) in [6.45, 7) is 3.99. The van der Waals surface area contributed by atoms with Gasteiger partial charge in [-0.2, -0.15) is 5.10 Å². The maximum atomic E-state index is 5.42. The highest BCUT2D eigenvalue weighted by atomic mass is 32.1. The monoisotopic (exact) mass is 375 g/mol. The lowest BCUT2D eigenvalue weighted by molar-refractivity contribution is 0.223. The Kier molecular flexibility index (Phi) is 10.2. The van der Waals surface area contributed by atoms with Gasteiger partial charge in [-0.3, -0.25) is 15.8 Å². The van der Waals surface area contributed by atoms with Crippen LogP contribution in [-0.4, -0.2) is 33.9 Å². The summed E-state index contributed by atoms with van der Waals surface area (Å²) in [7, 11) is 0. The van der Waals surface area contributed by atoms with Gasteiger partial charge in [0, 0.05) is 19.3 Å². The fourth-order valence-corrected chi connectivity index (χ4v) is 3.36. The molecule has 0 spiro atoms. The number of nitrogens with one attached hydrogen (secondary N) is 2. The van der Waals surface area contributed by atoms with Crippen molar-refractivity contribution >= 4 is 23.0 Å². The molecule has 0 aliphatic carbocycles. The normalized spacial score (nSPS) is 18.9. The van der Waals surface area contributed by atoms with E-state index in [1.54, 1.807) is 6.20 Å². The van der Waals surface area contributed by atoms with Gasteiger partial charge >= 0.3 is 0 Å². The summed E-state index contributed by atoms with van der Waals surface area (Å²) in [5.41, 5.74) is 7.94. The number of aromatic nitrogens is 1. The predicted molar refractivity (Wildman–Crippen MR) is 113 cm³/mol. The van der Waals surface area contributed by atoms with Crippen molar-refractivity contribution in [2.75, 3.05) is 13.1 Å². The van der Waals surface area contributed by atoms with Crippen LogP contribution < -0.4 is 10.9 Å². The van der Waals surface area contributed by atoms with Gasteiger partial charge in [0.15, 0.2) is 0 Å². The lowest BCUT2D eigenvalue weighted by Gasteiger charge is -2.24. The van der Waals surface area contributed by atoms with Gasteiger partial charge in [-0.15, -0.1) is 0 Å². The molecule has 0 aromatic carbocycles. The molecule has 5 nitrogen and oxygen atoms in total. The molecule has 2 N–H and O–H groups in total. The van der Waals surface area contributed by atoms with E-state index in [1.165, 1.54) is 64.2 Å². The average molecular weight is 376 g/mol. The number of rotatable bonds is 3. The number of thiocarbonyl (C=S) groups is 1. The van der Waals surface area contributed by atoms with E-state index in [-0.39, 0.29) is 0 Å². The molecular weight excluding hydrogens is 342 g/mol. The SMILES string of the molecule is C/C(=N\NC(=S)NN1CCCCCCCCCCCC1)c1ccccn1. The van der Waals surface area contributed by atoms with Gasteiger partial charge in [0.25, 0.3) is 0 Å². The van der Waals surface area contributed by atoms with E-state index in [4.69, 9.17) is 12.2 Å². The standard InChI is InChI=1S/C20H33N5S/c1-18(19-14-10-11-15-21-19)22-23-20(26)24-25-16-12-8-6-4-2-3-5-7-9-13-17-25/h10-11,14-15H,2-9,12-13,16-17H2,1H3,(H2,23,24,26)/b22-18+. The van der Waals surface area contributed by atoms with Gasteiger partial charge in [0.05, 0.1) is 11.4 Å². The maximum absolute atomic E-state index is 5.42. The molecule has 0 atom stereocenters.